The van der Waals surface area contributed by atoms with Gasteiger partial charge in [0, 0.05) is 10.5 Å². The van der Waals surface area contributed by atoms with Crippen molar-refractivity contribution in [2.45, 2.75) is 11.8 Å². The van der Waals surface area contributed by atoms with E-state index in [-0.39, 0.29) is 11.5 Å². The second-order valence-corrected chi connectivity index (χ2v) is 6.17. The van der Waals surface area contributed by atoms with E-state index in [1.165, 1.54) is 14.2 Å². The molecular weight excluding hydrogens is 300 g/mol. The van der Waals surface area contributed by atoms with E-state index in [9.17, 15) is 9.00 Å². The van der Waals surface area contributed by atoms with Crippen LogP contribution in [0.1, 0.15) is 15.9 Å². The number of aryl methyl sites for hydroxylation is 1. The van der Waals surface area contributed by atoms with Gasteiger partial charge in [-0.3, -0.25) is 9.00 Å². The van der Waals surface area contributed by atoms with Gasteiger partial charge in [-0.15, -0.1) is 0 Å². The predicted octanol–water partition coefficient (Wildman–Crippen LogP) is 3.00. The Hall–Kier alpha value is -2.14. The van der Waals surface area contributed by atoms with E-state index in [0.29, 0.717) is 22.0 Å². The Balaban J connectivity index is 2.19. The third kappa shape index (κ3) is 3.54. The van der Waals surface area contributed by atoms with Crippen molar-refractivity contribution in [3.63, 3.8) is 0 Å². The highest BCUT2D eigenvalue weighted by molar-refractivity contribution is 7.85. The first-order valence-electron chi connectivity index (χ1n) is 6.76. The van der Waals surface area contributed by atoms with Gasteiger partial charge in [0.25, 0.3) is 0 Å². The van der Waals surface area contributed by atoms with Gasteiger partial charge in [0.15, 0.2) is 17.3 Å². The number of Topliss-reactive ketones (excluding diaryl/α,β-unsaturated/α-hetero) is 1. The number of carbonyl (C=O) groups is 1. The average Bonchev–Trinajstić information content (AvgIpc) is 2.54. The molecule has 5 heteroatoms. The molecule has 0 aromatic heterocycles. The minimum absolute atomic E-state index is 0.0552. The fraction of sp³-hybridized carbons (Fsp3) is 0.235. The lowest BCUT2D eigenvalue weighted by Crippen LogP contribution is -2.12. The van der Waals surface area contributed by atoms with Crippen molar-refractivity contribution in [2.75, 3.05) is 20.0 Å². The van der Waals surface area contributed by atoms with Gasteiger partial charge in [-0.05, 0) is 36.8 Å². The molecule has 1 atom stereocenters. The predicted molar refractivity (Wildman–Crippen MR) is 86.3 cm³/mol. The molecule has 0 saturated carbocycles. The standard InChI is InChI=1S/C17H18O4S/c1-12-6-4-5-7-17(12)22(19)11-14(18)13-8-9-15(20-2)16(10-13)21-3/h4-10H,11H2,1-3H3. The lowest BCUT2D eigenvalue weighted by molar-refractivity contribution is 0.102. The lowest BCUT2D eigenvalue weighted by Gasteiger charge is -2.09. The van der Waals surface area contributed by atoms with Crippen molar-refractivity contribution in [2.24, 2.45) is 0 Å². The van der Waals surface area contributed by atoms with Crippen LogP contribution in [0.15, 0.2) is 47.4 Å². The molecule has 0 aliphatic heterocycles. The van der Waals surface area contributed by atoms with Crippen LogP contribution in [0.5, 0.6) is 11.5 Å². The molecule has 0 amide bonds. The molecular formula is C17H18O4S. The number of carbonyl (C=O) groups excluding carboxylic acids is 1. The van der Waals surface area contributed by atoms with Gasteiger partial charge in [0.05, 0.1) is 30.8 Å². The largest absolute Gasteiger partial charge is 0.493 e. The van der Waals surface area contributed by atoms with E-state index in [1.807, 2.05) is 25.1 Å². The van der Waals surface area contributed by atoms with Gasteiger partial charge >= 0.3 is 0 Å². The SMILES string of the molecule is COc1ccc(C(=O)CS(=O)c2ccccc2C)cc1OC. The van der Waals surface area contributed by atoms with E-state index in [2.05, 4.69) is 0 Å². The first kappa shape index (κ1) is 16.2. The van der Waals surface area contributed by atoms with Gasteiger partial charge < -0.3 is 9.47 Å². The minimum atomic E-state index is -1.36. The summed E-state index contributed by atoms with van der Waals surface area (Å²) in [5.74, 6) is 0.789. The van der Waals surface area contributed by atoms with E-state index >= 15 is 0 Å². The van der Waals surface area contributed by atoms with Gasteiger partial charge in [-0.2, -0.15) is 0 Å². The Morgan fingerprint density at radius 2 is 1.73 bits per heavy atom. The number of ether oxygens (including phenoxy) is 2. The topological polar surface area (TPSA) is 52.6 Å². The number of methoxy groups -OCH3 is 2. The van der Waals surface area contributed by atoms with Gasteiger partial charge in [0.1, 0.15) is 0 Å². The first-order chi connectivity index (χ1) is 10.6. The van der Waals surface area contributed by atoms with E-state index in [4.69, 9.17) is 9.47 Å². The maximum atomic E-state index is 12.4. The van der Waals surface area contributed by atoms with Crippen molar-refractivity contribution in [1.82, 2.24) is 0 Å². The zero-order chi connectivity index (χ0) is 16.1. The number of hydrogen-bond donors (Lipinski definition) is 0. The quantitative estimate of drug-likeness (QED) is 0.768. The Morgan fingerprint density at radius 1 is 1.05 bits per heavy atom. The maximum absolute atomic E-state index is 12.4. The summed E-state index contributed by atoms with van der Waals surface area (Å²) >= 11 is 0. The molecule has 0 radical (unpaired) electrons. The summed E-state index contributed by atoms with van der Waals surface area (Å²) in [6.45, 7) is 1.88. The molecule has 116 valence electrons. The van der Waals surface area contributed by atoms with Crippen LogP contribution in [0.2, 0.25) is 0 Å². The second kappa shape index (κ2) is 7.22. The summed E-state index contributed by atoms with van der Waals surface area (Å²) in [5.41, 5.74) is 1.38. The lowest BCUT2D eigenvalue weighted by atomic mass is 10.1. The zero-order valence-electron chi connectivity index (χ0n) is 12.8. The zero-order valence-corrected chi connectivity index (χ0v) is 13.6. The number of rotatable bonds is 6. The number of hydrogen-bond acceptors (Lipinski definition) is 4. The summed E-state index contributed by atoms with van der Waals surface area (Å²) in [5, 5.41) is 0. The van der Waals surface area contributed by atoms with Crippen LogP contribution in [0.3, 0.4) is 0 Å². The van der Waals surface area contributed by atoms with Crippen molar-refractivity contribution in [3.8, 4) is 11.5 Å². The Bertz CT molecular complexity index is 710. The van der Waals surface area contributed by atoms with Crippen molar-refractivity contribution in [1.29, 1.82) is 0 Å². The van der Waals surface area contributed by atoms with Crippen molar-refractivity contribution < 1.29 is 18.5 Å². The van der Waals surface area contributed by atoms with Gasteiger partial charge in [-0.25, -0.2) is 0 Å². The Morgan fingerprint density at radius 3 is 2.36 bits per heavy atom. The molecule has 0 saturated heterocycles. The highest BCUT2D eigenvalue weighted by atomic mass is 32.2. The third-order valence-corrected chi connectivity index (χ3v) is 4.78. The molecule has 22 heavy (non-hydrogen) atoms. The van der Waals surface area contributed by atoms with Crippen LogP contribution in [-0.4, -0.2) is 30.0 Å². The van der Waals surface area contributed by atoms with Crippen LogP contribution in [-0.2, 0) is 10.8 Å². The maximum Gasteiger partial charge on any atom is 0.175 e. The molecule has 4 nitrogen and oxygen atoms in total. The molecule has 0 aliphatic rings. The third-order valence-electron chi connectivity index (χ3n) is 3.31. The van der Waals surface area contributed by atoms with Crippen LogP contribution in [0.25, 0.3) is 0 Å². The smallest absolute Gasteiger partial charge is 0.175 e. The van der Waals surface area contributed by atoms with E-state index in [0.717, 1.165) is 5.56 Å². The second-order valence-electron chi connectivity index (χ2n) is 4.75. The highest BCUT2D eigenvalue weighted by Crippen LogP contribution is 2.28. The Kier molecular flexibility index (Phi) is 5.33. The van der Waals surface area contributed by atoms with Crippen LogP contribution < -0.4 is 9.47 Å². The van der Waals surface area contributed by atoms with E-state index in [1.54, 1.807) is 24.3 Å². The molecule has 0 fully saturated rings. The molecule has 0 bridgehead atoms. The van der Waals surface area contributed by atoms with Gasteiger partial charge in [0.2, 0.25) is 0 Å². The fourth-order valence-corrected chi connectivity index (χ4v) is 3.32. The average molecular weight is 318 g/mol. The van der Waals surface area contributed by atoms with Crippen molar-refractivity contribution >= 4 is 16.6 Å². The summed E-state index contributed by atoms with van der Waals surface area (Å²) in [7, 11) is 1.68. The Labute approximate surface area is 132 Å². The summed E-state index contributed by atoms with van der Waals surface area (Å²) in [4.78, 5) is 13.0. The number of ketones is 1. The van der Waals surface area contributed by atoms with Crippen LogP contribution >= 0.6 is 0 Å². The molecule has 1 unspecified atom stereocenters. The normalized spacial score (nSPS) is 11.8. The van der Waals surface area contributed by atoms with E-state index < -0.39 is 10.8 Å². The van der Waals surface area contributed by atoms with Gasteiger partial charge in [-0.1, -0.05) is 18.2 Å². The molecule has 0 heterocycles. The summed E-state index contributed by atoms with van der Waals surface area (Å²) in [6.07, 6.45) is 0. The van der Waals surface area contributed by atoms with Crippen molar-refractivity contribution in [3.05, 3.63) is 53.6 Å². The molecule has 2 aromatic carbocycles. The monoisotopic (exact) mass is 318 g/mol. The molecule has 2 rings (SSSR count). The highest BCUT2D eigenvalue weighted by Gasteiger charge is 2.15. The number of benzene rings is 2. The van der Waals surface area contributed by atoms with Crippen LogP contribution in [0.4, 0.5) is 0 Å². The summed E-state index contributed by atoms with van der Waals surface area (Å²) < 4.78 is 22.7. The fourth-order valence-electron chi connectivity index (χ4n) is 2.10. The molecule has 2 aromatic rings. The summed E-state index contributed by atoms with van der Waals surface area (Å²) in [6, 6.07) is 12.3. The minimum Gasteiger partial charge on any atom is -0.493 e. The molecule has 0 aliphatic carbocycles. The first-order valence-corrected chi connectivity index (χ1v) is 8.08. The molecule has 0 spiro atoms. The van der Waals surface area contributed by atoms with Crippen LogP contribution in [0, 0.1) is 6.92 Å². The molecule has 0 N–H and O–H groups in total.